The first-order valence-corrected chi connectivity index (χ1v) is 6.40. The molecule has 0 spiro atoms. The van der Waals surface area contributed by atoms with E-state index < -0.39 is 5.60 Å². The minimum atomic E-state index is -1.21. The summed E-state index contributed by atoms with van der Waals surface area (Å²) in [5, 5.41) is 12.6. The van der Waals surface area contributed by atoms with Crippen LogP contribution < -0.4 is 0 Å². The smallest absolute Gasteiger partial charge is 0.309 e. The van der Waals surface area contributed by atoms with Gasteiger partial charge < -0.3 is 9.84 Å². The quantitative estimate of drug-likeness (QED) is 0.857. The van der Waals surface area contributed by atoms with Crippen LogP contribution >= 0.6 is 0 Å². The number of carbonyl (C=O) groups excluding carboxylic acids is 1. The Kier molecular flexibility index (Phi) is 3.86. The maximum absolute atomic E-state index is 11.5. The molecule has 100 valence electrons. The molecule has 0 heterocycles. The monoisotopic (exact) mass is 258 g/mol. The van der Waals surface area contributed by atoms with E-state index in [0.29, 0.717) is 6.61 Å². The Hall–Kier alpha value is -1.87. The zero-order valence-electron chi connectivity index (χ0n) is 11.2. The molecule has 0 aliphatic carbocycles. The molecule has 0 aliphatic rings. The van der Waals surface area contributed by atoms with Gasteiger partial charge in [-0.25, -0.2) is 0 Å². The fourth-order valence-electron chi connectivity index (χ4n) is 2.12. The van der Waals surface area contributed by atoms with Crippen LogP contribution in [0.4, 0.5) is 0 Å². The maximum atomic E-state index is 11.5. The molecule has 2 aromatic rings. The number of benzene rings is 2. The highest BCUT2D eigenvalue weighted by molar-refractivity contribution is 5.83. The van der Waals surface area contributed by atoms with Crippen LogP contribution in [0.3, 0.4) is 0 Å². The highest BCUT2D eigenvalue weighted by atomic mass is 16.5. The van der Waals surface area contributed by atoms with Crippen molar-refractivity contribution >= 4 is 16.7 Å². The lowest BCUT2D eigenvalue weighted by atomic mass is 9.91. The second-order valence-corrected chi connectivity index (χ2v) is 4.82. The summed E-state index contributed by atoms with van der Waals surface area (Å²) < 4.78 is 4.89. The molecule has 0 radical (unpaired) electrons. The molecule has 0 bridgehead atoms. The van der Waals surface area contributed by atoms with Gasteiger partial charge in [0.1, 0.15) is 0 Å². The average molecular weight is 258 g/mol. The van der Waals surface area contributed by atoms with Crippen molar-refractivity contribution in [1.29, 1.82) is 0 Å². The van der Waals surface area contributed by atoms with Gasteiger partial charge in [0.25, 0.3) is 0 Å². The van der Waals surface area contributed by atoms with E-state index in [1.54, 1.807) is 13.8 Å². The molecule has 3 nitrogen and oxygen atoms in total. The van der Waals surface area contributed by atoms with E-state index in [0.717, 1.165) is 16.3 Å². The lowest BCUT2D eigenvalue weighted by Gasteiger charge is -2.23. The molecule has 0 saturated heterocycles. The van der Waals surface area contributed by atoms with E-state index in [1.807, 2.05) is 42.5 Å². The fourth-order valence-corrected chi connectivity index (χ4v) is 2.12. The number of carbonyl (C=O) groups is 1. The molecule has 0 saturated carbocycles. The Morgan fingerprint density at radius 2 is 1.89 bits per heavy atom. The van der Waals surface area contributed by atoms with Crippen LogP contribution in [0.2, 0.25) is 0 Å². The molecule has 0 aliphatic heterocycles. The number of aliphatic hydroxyl groups is 1. The summed E-state index contributed by atoms with van der Waals surface area (Å²) in [5.41, 5.74) is -0.490. The molecule has 2 rings (SSSR count). The van der Waals surface area contributed by atoms with Gasteiger partial charge in [-0.1, -0.05) is 36.4 Å². The Morgan fingerprint density at radius 1 is 1.21 bits per heavy atom. The number of esters is 1. The first-order valence-electron chi connectivity index (χ1n) is 6.40. The van der Waals surface area contributed by atoms with Crippen LogP contribution in [0, 0.1) is 0 Å². The van der Waals surface area contributed by atoms with Crippen LogP contribution in [0.15, 0.2) is 42.5 Å². The Balaban J connectivity index is 2.29. The third kappa shape index (κ3) is 3.12. The summed E-state index contributed by atoms with van der Waals surface area (Å²) in [6.07, 6.45) is -0.0425. The van der Waals surface area contributed by atoms with Gasteiger partial charge in [-0.2, -0.15) is 0 Å². The molecular weight excluding hydrogens is 240 g/mol. The normalized spacial score (nSPS) is 14.1. The van der Waals surface area contributed by atoms with E-state index in [4.69, 9.17) is 4.74 Å². The number of hydrogen-bond acceptors (Lipinski definition) is 3. The number of rotatable bonds is 4. The largest absolute Gasteiger partial charge is 0.466 e. The van der Waals surface area contributed by atoms with Gasteiger partial charge in [0.15, 0.2) is 0 Å². The molecule has 19 heavy (non-hydrogen) atoms. The summed E-state index contributed by atoms with van der Waals surface area (Å²) >= 11 is 0. The second kappa shape index (κ2) is 5.41. The molecule has 1 N–H and O–H groups in total. The third-order valence-electron chi connectivity index (χ3n) is 3.17. The van der Waals surface area contributed by atoms with E-state index in [1.165, 1.54) is 0 Å². The molecule has 0 aromatic heterocycles. The third-order valence-corrected chi connectivity index (χ3v) is 3.17. The molecule has 0 fully saturated rings. The van der Waals surface area contributed by atoms with Crippen LogP contribution in [-0.4, -0.2) is 17.7 Å². The van der Waals surface area contributed by atoms with Gasteiger partial charge in [-0.3, -0.25) is 4.79 Å². The van der Waals surface area contributed by atoms with Crippen molar-refractivity contribution < 1.29 is 14.6 Å². The highest BCUT2D eigenvalue weighted by Gasteiger charge is 2.27. The molecule has 2 aromatic carbocycles. The van der Waals surface area contributed by atoms with Gasteiger partial charge in [0, 0.05) is 0 Å². The zero-order chi connectivity index (χ0) is 13.9. The van der Waals surface area contributed by atoms with Crippen LogP contribution in [-0.2, 0) is 15.1 Å². The van der Waals surface area contributed by atoms with Crippen molar-refractivity contribution in [3.63, 3.8) is 0 Å². The molecular formula is C16H18O3. The summed E-state index contributed by atoms with van der Waals surface area (Å²) in [6.45, 7) is 3.71. The van der Waals surface area contributed by atoms with E-state index in [-0.39, 0.29) is 12.4 Å². The Morgan fingerprint density at radius 3 is 2.58 bits per heavy atom. The van der Waals surface area contributed by atoms with Gasteiger partial charge >= 0.3 is 5.97 Å². The van der Waals surface area contributed by atoms with E-state index in [9.17, 15) is 9.90 Å². The first kappa shape index (κ1) is 13.6. The number of fused-ring (bicyclic) bond motifs is 1. The van der Waals surface area contributed by atoms with Gasteiger partial charge in [0.05, 0.1) is 18.6 Å². The van der Waals surface area contributed by atoms with Crippen LogP contribution in [0.25, 0.3) is 10.8 Å². The molecule has 0 unspecified atom stereocenters. The molecule has 0 amide bonds. The Bertz CT molecular complexity index is 587. The SMILES string of the molecule is CCOC(=O)C[C@](C)(O)c1ccc2ccccc2c1. The summed E-state index contributed by atoms with van der Waals surface area (Å²) in [6, 6.07) is 13.6. The second-order valence-electron chi connectivity index (χ2n) is 4.82. The molecule has 1 atom stereocenters. The van der Waals surface area contributed by atoms with Crippen LogP contribution in [0.5, 0.6) is 0 Å². The van der Waals surface area contributed by atoms with Crippen molar-refractivity contribution in [2.45, 2.75) is 25.9 Å². The highest BCUT2D eigenvalue weighted by Crippen LogP contribution is 2.28. The van der Waals surface area contributed by atoms with Gasteiger partial charge in [-0.15, -0.1) is 0 Å². The van der Waals surface area contributed by atoms with Crippen molar-refractivity contribution in [3.8, 4) is 0 Å². The van der Waals surface area contributed by atoms with E-state index >= 15 is 0 Å². The summed E-state index contributed by atoms with van der Waals surface area (Å²) in [5.74, 6) is -0.388. The Labute approximate surface area is 112 Å². The standard InChI is InChI=1S/C16H18O3/c1-3-19-15(17)11-16(2,18)14-9-8-12-6-4-5-7-13(12)10-14/h4-10,18H,3,11H2,1-2H3/t16-/m0/s1. The maximum Gasteiger partial charge on any atom is 0.309 e. The number of hydrogen-bond donors (Lipinski definition) is 1. The molecule has 3 heteroatoms. The van der Waals surface area contributed by atoms with Crippen molar-refractivity contribution in [3.05, 3.63) is 48.0 Å². The van der Waals surface area contributed by atoms with E-state index in [2.05, 4.69) is 0 Å². The van der Waals surface area contributed by atoms with Crippen molar-refractivity contribution in [1.82, 2.24) is 0 Å². The summed E-state index contributed by atoms with van der Waals surface area (Å²) in [4.78, 5) is 11.5. The predicted molar refractivity (Wildman–Crippen MR) is 74.8 cm³/mol. The lowest BCUT2D eigenvalue weighted by Crippen LogP contribution is -2.26. The minimum absolute atomic E-state index is 0.0425. The summed E-state index contributed by atoms with van der Waals surface area (Å²) in [7, 11) is 0. The van der Waals surface area contributed by atoms with Crippen molar-refractivity contribution in [2.24, 2.45) is 0 Å². The number of ether oxygens (including phenoxy) is 1. The predicted octanol–water partition coefficient (Wildman–Crippen LogP) is 3.00. The van der Waals surface area contributed by atoms with Gasteiger partial charge in [-0.05, 0) is 36.2 Å². The fraction of sp³-hybridized carbons (Fsp3) is 0.312. The first-order chi connectivity index (χ1) is 9.03. The zero-order valence-corrected chi connectivity index (χ0v) is 11.2. The lowest BCUT2D eigenvalue weighted by molar-refractivity contribution is -0.148. The topological polar surface area (TPSA) is 46.5 Å². The van der Waals surface area contributed by atoms with Gasteiger partial charge in [0.2, 0.25) is 0 Å². The van der Waals surface area contributed by atoms with Crippen LogP contribution in [0.1, 0.15) is 25.8 Å². The minimum Gasteiger partial charge on any atom is -0.466 e. The average Bonchev–Trinajstić information content (AvgIpc) is 2.37. The van der Waals surface area contributed by atoms with Crippen molar-refractivity contribution in [2.75, 3.05) is 6.61 Å².